The van der Waals surface area contributed by atoms with Crippen molar-refractivity contribution in [2.75, 3.05) is 13.1 Å². The lowest BCUT2D eigenvalue weighted by molar-refractivity contribution is -0.131. The van der Waals surface area contributed by atoms with Gasteiger partial charge in [0.05, 0.1) is 0 Å². The van der Waals surface area contributed by atoms with Crippen molar-refractivity contribution in [1.29, 1.82) is 0 Å². The van der Waals surface area contributed by atoms with Crippen molar-refractivity contribution in [1.82, 2.24) is 5.32 Å². The zero-order chi connectivity index (χ0) is 13.7. The van der Waals surface area contributed by atoms with E-state index in [1.165, 1.54) is 31.7 Å². The van der Waals surface area contributed by atoms with Crippen LogP contribution in [0.15, 0.2) is 24.3 Å². The normalized spacial score (nSPS) is 23.7. The third-order valence-electron chi connectivity index (χ3n) is 4.11. The first-order chi connectivity index (χ1) is 9.16. The van der Waals surface area contributed by atoms with Crippen molar-refractivity contribution >= 4 is 5.97 Å². The Morgan fingerprint density at radius 3 is 3.00 bits per heavy atom. The van der Waals surface area contributed by atoms with Gasteiger partial charge in [0.15, 0.2) is 0 Å². The van der Waals surface area contributed by atoms with Gasteiger partial charge in [0.25, 0.3) is 0 Å². The molecule has 1 aromatic carbocycles. The smallest absolute Gasteiger partial charge is 0.308 e. The first kappa shape index (κ1) is 14.1. The number of nitrogens with one attached hydrogen (secondary N) is 1. The van der Waals surface area contributed by atoms with Crippen molar-refractivity contribution in [3.05, 3.63) is 29.8 Å². The van der Waals surface area contributed by atoms with E-state index in [4.69, 9.17) is 4.74 Å². The summed E-state index contributed by atoms with van der Waals surface area (Å²) in [7, 11) is 0. The Hall–Kier alpha value is -1.35. The lowest BCUT2D eigenvalue weighted by Gasteiger charge is -2.32. The molecule has 2 rings (SSSR count). The number of hydrogen-bond donors (Lipinski definition) is 1. The molecule has 1 saturated heterocycles. The number of benzene rings is 1. The SMILES string of the molecule is CCC1(c2cccc(OC(C)=O)c2)CCCCNC1. The van der Waals surface area contributed by atoms with Gasteiger partial charge in [0.2, 0.25) is 0 Å². The van der Waals surface area contributed by atoms with Crippen molar-refractivity contribution < 1.29 is 9.53 Å². The highest BCUT2D eigenvalue weighted by molar-refractivity contribution is 5.69. The fraction of sp³-hybridized carbons (Fsp3) is 0.562. The van der Waals surface area contributed by atoms with Crippen LogP contribution in [0.1, 0.15) is 45.1 Å². The molecule has 1 aliphatic rings. The van der Waals surface area contributed by atoms with Crippen LogP contribution >= 0.6 is 0 Å². The molecule has 104 valence electrons. The average Bonchev–Trinajstić information content (AvgIpc) is 2.64. The molecule has 1 aromatic rings. The van der Waals surface area contributed by atoms with E-state index in [0.717, 1.165) is 19.5 Å². The number of carbonyl (C=O) groups excluding carboxylic acids is 1. The second-order valence-corrected chi connectivity index (χ2v) is 5.39. The van der Waals surface area contributed by atoms with Crippen LogP contribution in [-0.4, -0.2) is 19.1 Å². The molecule has 1 heterocycles. The molecule has 1 aliphatic heterocycles. The average molecular weight is 261 g/mol. The molecular formula is C16H23NO2. The van der Waals surface area contributed by atoms with Gasteiger partial charge < -0.3 is 10.1 Å². The van der Waals surface area contributed by atoms with Gasteiger partial charge in [0, 0.05) is 18.9 Å². The lowest BCUT2D eigenvalue weighted by atomic mass is 9.74. The largest absolute Gasteiger partial charge is 0.427 e. The summed E-state index contributed by atoms with van der Waals surface area (Å²) in [6.45, 7) is 5.79. The maximum absolute atomic E-state index is 11.1. The molecule has 19 heavy (non-hydrogen) atoms. The topological polar surface area (TPSA) is 38.3 Å². The number of carbonyl (C=O) groups is 1. The second kappa shape index (κ2) is 6.20. The summed E-state index contributed by atoms with van der Waals surface area (Å²) < 4.78 is 5.21. The minimum Gasteiger partial charge on any atom is -0.427 e. The molecule has 0 aliphatic carbocycles. The van der Waals surface area contributed by atoms with Crippen LogP contribution in [0.2, 0.25) is 0 Å². The summed E-state index contributed by atoms with van der Waals surface area (Å²) in [6, 6.07) is 8.01. The van der Waals surface area contributed by atoms with E-state index in [1.807, 2.05) is 18.2 Å². The van der Waals surface area contributed by atoms with Crippen LogP contribution in [0, 0.1) is 0 Å². The summed E-state index contributed by atoms with van der Waals surface area (Å²) in [5.41, 5.74) is 1.45. The van der Waals surface area contributed by atoms with Gasteiger partial charge in [-0.2, -0.15) is 0 Å². The summed E-state index contributed by atoms with van der Waals surface area (Å²) >= 11 is 0. The van der Waals surface area contributed by atoms with Gasteiger partial charge in [-0.05, 0) is 43.5 Å². The molecule has 1 unspecified atom stereocenters. The van der Waals surface area contributed by atoms with Gasteiger partial charge >= 0.3 is 5.97 Å². The van der Waals surface area contributed by atoms with Crippen molar-refractivity contribution in [3.8, 4) is 5.75 Å². The van der Waals surface area contributed by atoms with Gasteiger partial charge in [-0.3, -0.25) is 4.79 Å². The van der Waals surface area contributed by atoms with E-state index in [1.54, 1.807) is 0 Å². The first-order valence-electron chi connectivity index (χ1n) is 7.16. The van der Waals surface area contributed by atoms with E-state index >= 15 is 0 Å². The van der Waals surface area contributed by atoms with E-state index in [9.17, 15) is 4.79 Å². The van der Waals surface area contributed by atoms with Crippen LogP contribution in [0.5, 0.6) is 5.75 Å². The third-order valence-corrected chi connectivity index (χ3v) is 4.11. The second-order valence-electron chi connectivity index (χ2n) is 5.39. The Morgan fingerprint density at radius 1 is 1.42 bits per heavy atom. The lowest BCUT2D eigenvalue weighted by Crippen LogP contribution is -2.36. The van der Waals surface area contributed by atoms with Crippen LogP contribution in [0.25, 0.3) is 0 Å². The monoisotopic (exact) mass is 261 g/mol. The van der Waals surface area contributed by atoms with Gasteiger partial charge in [0.1, 0.15) is 5.75 Å². The first-order valence-corrected chi connectivity index (χ1v) is 7.16. The van der Waals surface area contributed by atoms with E-state index in [-0.39, 0.29) is 11.4 Å². The van der Waals surface area contributed by atoms with E-state index in [2.05, 4.69) is 18.3 Å². The Bertz CT molecular complexity index is 434. The third kappa shape index (κ3) is 3.35. The summed E-state index contributed by atoms with van der Waals surface area (Å²) in [5, 5.41) is 3.54. The van der Waals surface area contributed by atoms with Crippen LogP contribution < -0.4 is 10.1 Å². The molecule has 1 fully saturated rings. The summed E-state index contributed by atoms with van der Waals surface area (Å²) in [4.78, 5) is 11.1. The zero-order valence-electron chi connectivity index (χ0n) is 11.9. The molecule has 0 saturated carbocycles. The summed E-state index contributed by atoms with van der Waals surface area (Å²) in [6.07, 6.45) is 4.79. The molecule has 3 nitrogen and oxygen atoms in total. The zero-order valence-corrected chi connectivity index (χ0v) is 11.9. The standard InChI is InChI=1S/C16H23NO2/c1-3-16(9-4-5-10-17-12-16)14-7-6-8-15(11-14)19-13(2)18/h6-8,11,17H,3-5,9-10,12H2,1-2H3. The van der Waals surface area contributed by atoms with Crippen LogP contribution in [-0.2, 0) is 10.2 Å². The molecule has 0 aromatic heterocycles. The van der Waals surface area contributed by atoms with Crippen LogP contribution in [0.3, 0.4) is 0 Å². The number of rotatable bonds is 3. The molecule has 1 N–H and O–H groups in total. The van der Waals surface area contributed by atoms with Crippen molar-refractivity contribution in [2.24, 2.45) is 0 Å². The van der Waals surface area contributed by atoms with Gasteiger partial charge in [-0.25, -0.2) is 0 Å². The predicted octanol–water partition coefficient (Wildman–Crippen LogP) is 3.03. The van der Waals surface area contributed by atoms with Crippen molar-refractivity contribution in [3.63, 3.8) is 0 Å². The minimum atomic E-state index is -0.262. The minimum absolute atomic E-state index is 0.173. The quantitative estimate of drug-likeness (QED) is 0.671. The number of esters is 1. The summed E-state index contributed by atoms with van der Waals surface area (Å²) in [5.74, 6) is 0.392. The molecule has 1 atom stereocenters. The maximum Gasteiger partial charge on any atom is 0.308 e. The maximum atomic E-state index is 11.1. The van der Waals surface area contributed by atoms with Gasteiger partial charge in [-0.15, -0.1) is 0 Å². The Balaban J connectivity index is 2.28. The molecule has 0 radical (unpaired) electrons. The van der Waals surface area contributed by atoms with Crippen molar-refractivity contribution in [2.45, 2.75) is 44.9 Å². The molecule has 3 heteroatoms. The Kier molecular flexibility index (Phi) is 4.59. The van der Waals surface area contributed by atoms with Gasteiger partial charge in [-0.1, -0.05) is 25.5 Å². The molecular weight excluding hydrogens is 238 g/mol. The molecule has 0 bridgehead atoms. The fourth-order valence-electron chi connectivity index (χ4n) is 2.94. The highest BCUT2D eigenvalue weighted by Crippen LogP contribution is 2.35. The Morgan fingerprint density at radius 2 is 2.26 bits per heavy atom. The van der Waals surface area contributed by atoms with Crippen LogP contribution in [0.4, 0.5) is 0 Å². The number of hydrogen-bond acceptors (Lipinski definition) is 3. The molecule has 0 spiro atoms. The predicted molar refractivity (Wildman–Crippen MR) is 76.4 cm³/mol. The number of ether oxygens (including phenoxy) is 1. The van der Waals surface area contributed by atoms with E-state index < -0.39 is 0 Å². The van der Waals surface area contributed by atoms with E-state index in [0.29, 0.717) is 5.75 Å². The molecule has 0 amide bonds. The fourth-order valence-corrected chi connectivity index (χ4v) is 2.94. The Labute approximate surface area is 115 Å². The highest BCUT2D eigenvalue weighted by atomic mass is 16.5. The highest BCUT2D eigenvalue weighted by Gasteiger charge is 2.31.